The number of pyridine rings is 1. The van der Waals surface area contributed by atoms with Crippen LogP contribution in [0.3, 0.4) is 0 Å². The van der Waals surface area contributed by atoms with Crippen molar-refractivity contribution in [1.82, 2.24) is 29.8 Å². The third-order valence-electron chi connectivity index (χ3n) is 7.18. The Morgan fingerprint density at radius 3 is 2.82 bits per heavy atom. The van der Waals surface area contributed by atoms with Gasteiger partial charge in [-0.1, -0.05) is 19.9 Å². The minimum absolute atomic E-state index is 0.0420. The largest absolute Gasteiger partial charge is 0.355 e. The third kappa shape index (κ3) is 5.26. The molecule has 0 radical (unpaired) electrons. The maximum absolute atomic E-state index is 13.4. The molecule has 38 heavy (non-hydrogen) atoms. The van der Waals surface area contributed by atoms with Crippen LogP contribution in [-0.2, 0) is 0 Å². The number of thiophene rings is 1. The Hall–Kier alpha value is -3.81. The Morgan fingerprint density at radius 2 is 2.11 bits per heavy atom. The van der Waals surface area contributed by atoms with Crippen molar-refractivity contribution in [2.24, 2.45) is 5.92 Å². The molecule has 4 aromatic rings. The molecule has 0 bridgehead atoms. The number of nitrogens with zero attached hydrogens (tertiary/aromatic N) is 7. The van der Waals surface area contributed by atoms with E-state index in [1.165, 1.54) is 0 Å². The summed E-state index contributed by atoms with van der Waals surface area (Å²) in [5.41, 5.74) is 3.47. The van der Waals surface area contributed by atoms with Crippen LogP contribution in [0.5, 0.6) is 0 Å². The predicted octanol–water partition coefficient (Wildman–Crippen LogP) is 4.33. The molecule has 5 heterocycles. The van der Waals surface area contributed by atoms with E-state index in [9.17, 15) is 10.1 Å². The number of nitrogens with one attached hydrogen (secondary N) is 1. The summed E-state index contributed by atoms with van der Waals surface area (Å²) in [7, 11) is 0. The van der Waals surface area contributed by atoms with Crippen LogP contribution in [0.25, 0.3) is 27.5 Å². The molecule has 1 fully saturated rings. The molecule has 4 aromatic heterocycles. The van der Waals surface area contributed by atoms with Crippen molar-refractivity contribution in [1.29, 1.82) is 5.26 Å². The van der Waals surface area contributed by atoms with Gasteiger partial charge in [-0.2, -0.15) is 10.4 Å². The standard InChI is InChI=1S/C28H32N8OS/c1-4-34(5-2)19(3)16-30-28(37)21-13-24(32-26(14-21)35-10-8-20(15-29)18-35)22-17-31-36-11-9-23(33-27(22)36)25-7-6-12-38-25/h6-7,9,11-14,17,19-20H,4-5,8,10,16,18H2,1-3H3,(H,30,37)/t19?,20-/m0/s1. The first-order valence-corrected chi connectivity index (χ1v) is 14.0. The van der Waals surface area contributed by atoms with Gasteiger partial charge in [-0.3, -0.25) is 9.69 Å². The highest BCUT2D eigenvalue weighted by molar-refractivity contribution is 7.13. The van der Waals surface area contributed by atoms with Crippen molar-refractivity contribution in [3.8, 4) is 27.9 Å². The van der Waals surface area contributed by atoms with Crippen LogP contribution in [0.15, 0.2) is 48.1 Å². The molecule has 0 aliphatic carbocycles. The number of hydrogen-bond donors (Lipinski definition) is 1. The van der Waals surface area contributed by atoms with E-state index in [2.05, 4.69) is 47.1 Å². The van der Waals surface area contributed by atoms with Gasteiger partial charge in [0.1, 0.15) is 5.82 Å². The van der Waals surface area contributed by atoms with Gasteiger partial charge in [0.25, 0.3) is 5.91 Å². The Morgan fingerprint density at radius 1 is 1.26 bits per heavy atom. The van der Waals surface area contributed by atoms with Crippen molar-refractivity contribution >= 4 is 28.7 Å². The minimum Gasteiger partial charge on any atom is -0.355 e. The zero-order valence-corrected chi connectivity index (χ0v) is 22.8. The summed E-state index contributed by atoms with van der Waals surface area (Å²) in [6.45, 7) is 10.1. The van der Waals surface area contributed by atoms with E-state index in [1.807, 2.05) is 41.9 Å². The van der Waals surface area contributed by atoms with Crippen molar-refractivity contribution in [2.45, 2.75) is 33.2 Å². The third-order valence-corrected chi connectivity index (χ3v) is 8.07. The SMILES string of the molecule is CCN(CC)C(C)CNC(=O)c1cc(-c2cnn3ccc(-c4cccs4)nc23)nc(N2CC[C@@H](C#N)C2)c1. The van der Waals surface area contributed by atoms with E-state index in [1.54, 1.807) is 22.0 Å². The van der Waals surface area contributed by atoms with Crippen molar-refractivity contribution in [2.75, 3.05) is 37.6 Å². The number of amides is 1. The fourth-order valence-electron chi connectivity index (χ4n) is 4.95. The maximum atomic E-state index is 13.4. The summed E-state index contributed by atoms with van der Waals surface area (Å²) in [5.74, 6) is 0.504. The molecule has 1 aliphatic heterocycles. The van der Waals surface area contributed by atoms with E-state index >= 15 is 0 Å². The van der Waals surface area contributed by atoms with Gasteiger partial charge < -0.3 is 10.2 Å². The number of likely N-dealkylation sites (N-methyl/N-ethyl adjacent to an activating group) is 1. The number of carbonyl (C=O) groups excluding carboxylic acids is 1. The molecule has 1 saturated heterocycles. The molecule has 196 valence electrons. The molecule has 0 saturated carbocycles. The lowest BCUT2D eigenvalue weighted by atomic mass is 10.1. The lowest BCUT2D eigenvalue weighted by molar-refractivity contribution is 0.0938. The van der Waals surface area contributed by atoms with Crippen LogP contribution in [0.1, 0.15) is 37.6 Å². The van der Waals surface area contributed by atoms with Crippen LogP contribution in [0.2, 0.25) is 0 Å². The van der Waals surface area contributed by atoms with Gasteiger partial charge in [-0.05, 0) is 56.1 Å². The zero-order valence-electron chi connectivity index (χ0n) is 22.0. The summed E-state index contributed by atoms with van der Waals surface area (Å²) in [6.07, 6.45) is 4.43. The second-order valence-corrected chi connectivity index (χ2v) is 10.5. The second-order valence-electron chi connectivity index (χ2n) is 9.56. The fraction of sp³-hybridized carbons (Fsp3) is 0.393. The van der Waals surface area contributed by atoms with Crippen molar-refractivity contribution < 1.29 is 4.79 Å². The normalized spacial score (nSPS) is 16.2. The number of nitriles is 1. The van der Waals surface area contributed by atoms with Crippen LogP contribution >= 0.6 is 11.3 Å². The average Bonchev–Trinajstić information content (AvgIpc) is 3.72. The van der Waals surface area contributed by atoms with Crippen LogP contribution in [-0.4, -0.2) is 69.2 Å². The number of fused-ring (bicyclic) bond motifs is 1. The Labute approximate surface area is 226 Å². The highest BCUT2D eigenvalue weighted by Crippen LogP contribution is 2.30. The summed E-state index contributed by atoms with van der Waals surface area (Å²) in [6, 6.07) is 12.2. The van der Waals surface area contributed by atoms with E-state index < -0.39 is 0 Å². The number of aromatic nitrogens is 4. The van der Waals surface area contributed by atoms with Crippen molar-refractivity contribution in [3.63, 3.8) is 0 Å². The number of anilines is 1. The van der Waals surface area contributed by atoms with Gasteiger partial charge in [-0.15, -0.1) is 11.3 Å². The molecule has 1 N–H and O–H groups in total. The topological polar surface area (TPSA) is 102 Å². The maximum Gasteiger partial charge on any atom is 0.251 e. The quantitative estimate of drug-likeness (QED) is 0.345. The number of hydrogen-bond acceptors (Lipinski definition) is 8. The molecule has 9 nitrogen and oxygen atoms in total. The first-order valence-electron chi connectivity index (χ1n) is 13.1. The monoisotopic (exact) mass is 528 g/mol. The molecule has 1 unspecified atom stereocenters. The molecule has 0 spiro atoms. The van der Waals surface area contributed by atoms with Crippen molar-refractivity contribution in [3.05, 3.63) is 53.7 Å². The molecule has 1 amide bonds. The summed E-state index contributed by atoms with van der Waals surface area (Å²) >= 11 is 1.63. The van der Waals surface area contributed by atoms with E-state index in [4.69, 9.17) is 9.97 Å². The van der Waals surface area contributed by atoms with E-state index in [0.29, 0.717) is 35.8 Å². The fourth-order valence-corrected chi connectivity index (χ4v) is 5.65. The summed E-state index contributed by atoms with van der Waals surface area (Å²) in [4.78, 5) is 28.7. The molecular weight excluding hydrogens is 496 g/mol. The van der Waals surface area contributed by atoms with E-state index in [0.717, 1.165) is 42.2 Å². The highest BCUT2D eigenvalue weighted by atomic mass is 32.1. The lowest BCUT2D eigenvalue weighted by Crippen LogP contribution is -2.42. The van der Waals surface area contributed by atoms with Gasteiger partial charge in [0.2, 0.25) is 0 Å². The average molecular weight is 529 g/mol. The van der Waals surface area contributed by atoms with Crippen LogP contribution in [0.4, 0.5) is 5.82 Å². The van der Waals surface area contributed by atoms with E-state index in [-0.39, 0.29) is 17.9 Å². The Bertz CT molecular complexity index is 1450. The Balaban J connectivity index is 1.51. The molecule has 10 heteroatoms. The first kappa shape index (κ1) is 25.8. The van der Waals surface area contributed by atoms with Gasteiger partial charge >= 0.3 is 0 Å². The van der Waals surface area contributed by atoms with Gasteiger partial charge in [-0.25, -0.2) is 14.5 Å². The summed E-state index contributed by atoms with van der Waals surface area (Å²) in [5, 5.41) is 19.1. The molecule has 0 aromatic carbocycles. The first-order chi connectivity index (χ1) is 18.5. The second kappa shape index (κ2) is 11.3. The molecule has 2 atom stereocenters. The highest BCUT2D eigenvalue weighted by Gasteiger charge is 2.25. The predicted molar refractivity (Wildman–Crippen MR) is 150 cm³/mol. The zero-order chi connectivity index (χ0) is 26.6. The van der Waals surface area contributed by atoms with Gasteiger partial charge in [0, 0.05) is 37.4 Å². The van der Waals surface area contributed by atoms with Crippen LogP contribution in [0, 0.1) is 17.2 Å². The molecular formula is C28H32N8OS. The van der Waals surface area contributed by atoms with Crippen LogP contribution < -0.4 is 10.2 Å². The van der Waals surface area contributed by atoms with Gasteiger partial charge in [0.15, 0.2) is 5.65 Å². The molecule has 1 aliphatic rings. The van der Waals surface area contributed by atoms with Gasteiger partial charge in [0.05, 0.1) is 40.0 Å². The molecule has 5 rings (SSSR count). The minimum atomic E-state index is -0.145. The Kier molecular flexibility index (Phi) is 7.67. The summed E-state index contributed by atoms with van der Waals surface area (Å²) < 4.78 is 1.73. The number of rotatable bonds is 9. The number of carbonyl (C=O) groups is 1. The lowest BCUT2D eigenvalue weighted by Gasteiger charge is -2.26. The smallest absolute Gasteiger partial charge is 0.251 e.